The Labute approximate surface area is 108 Å². The number of aromatic nitrogens is 4. The topological polar surface area (TPSA) is 55.1 Å². The Morgan fingerprint density at radius 2 is 2.44 bits per heavy atom. The quantitative estimate of drug-likeness (QED) is 0.716. The normalized spacial score (nSPS) is 19.0. The van der Waals surface area contributed by atoms with Crippen LogP contribution >= 0.6 is 11.3 Å². The first-order valence-electron chi connectivity index (χ1n) is 5.88. The van der Waals surface area contributed by atoms with E-state index >= 15 is 0 Å². The average Bonchev–Trinajstić information content (AvgIpc) is 3.00. The summed E-state index contributed by atoms with van der Waals surface area (Å²) in [4.78, 5) is 10.8. The minimum absolute atomic E-state index is 0.218. The van der Waals surface area contributed by atoms with Gasteiger partial charge in [-0.25, -0.2) is 9.50 Å². The summed E-state index contributed by atoms with van der Waals surface area (Å²) in [6, 6.07) is 4.30. The molecule has 0 radical (unpaired) electrons. The van der Waals surface area contributed by atoms with Crippen LogP contribution in [0, 0.1) is 0 Å². The SMILES string of the molecule is c1cncc(C2NCCc3c2sc2ncnn32)c1. The molecule has 3 aromatic rings. The van der Waals surface area contributed by atoms with Crippen molar-refractivity contribution in [2.75, 3.05) is 6.54 Å². The summed E-state index contributed by atoms with van der Waals surface area (Å²) in [5, 5.41) is 7.84. The van der Waals surface area contributed by atoms with Crippen LogP contribution in [0.1, 0.15) is 22.2 Å². The average molecular weight is 257 g/mol. The fourth-order valence-electron chi connectivity index (χ4n) is 2.45. The molecule has 3 aromatic heterocycles. The zero-order chi connectivity index (χ0) is 11.9. The maximum atomic E-state index is 4.29. The van der Waals surface area contributed by atoms with Crippen molar-refractivity contribution in [1.29, 1.82) is 0 Å². The van der Waals surface area contributed by atoms with Gasteiger partial charge in [0.05, 0.1) is 16.6 Å². The highest BCUT2D eigenvalue weighted by Gasteiger charge is 2.26. The second-order valence-electron chi connectivity index (χ2n) is 4.29. The van der Waals surface area contributed by atoms with Crippen molar-refractivity contribution in [3.8, 4) is 0 Å². The number of nitrogens with one attached hydrogen (secondary N) is 1. The molecule has 4 rings (SSSR count). The molecule has 0 saturated carbocycles. The van der Waals surface area contributed by atoms with E-state index in [4.69, 9.17) is 0 Å². The minimum Gasteiger partial charge on any atom is -0.305 e. The summed E-state index contributed by atoms with van der Waals surface area (Å²) in [5.41, 5.74) is 2.48. The van der Waals surface area contributed by atoms with Crippen LogP contribution in [0.3, 0.4) is 0 Å². The van der Waals surface area contributed by atoms with Gasteiger partial charge in [-0.3, -0.25) is 4.98 Å². The van der Waals surface area contributed by atoms with Crippen LogP contribution in [0.4, 0.5) is 0 Å². The monoisotopic (exact) mass is 257 g/mol. The molecule has 0 aromatic carbocycles. The molecule has 0 amide bonds. The molecule has 1 aliphatic rings. The summed E-state index contributed by atoms with van der Waals surface area (Å²) >= 11 is 1.71. The molecule has 1 aliphatic heterocycles. The predicted molar refractivity (Wildman–Crippen MR) is 68.7 cm³/mol. The first kappa shape index (κ1) is 10.2. The molecule has 5 nitrogen and oxygen atoms in total. The number of thiazole rings is 1. The van der Waals surface area contributed by atoms with Crippen molar-refractivity contribution in [1.82, 2.24) is 24.9 Å². The van der Waals surface area contributed by atoms with Crippen LogP contribution in [-0.4, -0.2) is 26.1 Å². The zero-order valence-corrected chi connectivity index (χ0v) is 10.4. The molecule has 4 heterocycles. The lowest BCUT2D eigenvalue weighted by molar-refractivity contribution is 0.560. The third-order valence-corrected chi connectivity index (χ3v) is 4.40. The first-order chi connectivity index (χ1) is 8.93. The van der Waals surface area contributed by atoms with Crippen molar-refractivity contribution in [3.63, 3.8) is 0 Å². The molecule has 0 bridgehead atoms. The smallest absolute Gasteiger partial charge is 0.212 e. The van der Waals surface area contributed by atoms with Crippen LogP contribution in [0.5, 0.6) is 0 Å². The van der Waals surface area contributed by atoms with Crippen molar-refractivity contribution >= 4 is 16.3 Å². The second-order valence-corrected chi connectivity index (χ2v) is 5.30. The van der Waals surface area contributed by atoms with E-state index in [1.54, 1.807) is 23.9 Å². The minimum atomic E-state index is 0.218. The summed E-state index contributed by atoms with van der Waals surface area (Å²) in [7, 11) is 0. The molecule has 0 spiro atoms. The number of pyridine rings is 1. The molecule has 6 heteroatoms. The maximum Gasteiger partial charge on any atom is 0.212 e. The van der Waals surface area contributed by atoms with Gasteiger partial charge in [0, 0.05) is 25.4 Å². The molecule has 0 aliphatic carbocycles. The van der Waals surface area contributed by atoms with Crippen molar-refractivity contribution in [2.24, 2.45) is 0 Å². The molecular formula is C12H11N5S. The van der Waals surface area contributed by atoms with Gasteiger partial charge in [-0.15, -0.1) is 0 Å². The highest BCUT2D eigenvalue weighted by Crippen LogP contribution is 2.34. The van der Waals surface area contributed by atoms with E-state index in [0.717, 1.165) is 17.9 Å². The van der Waals surface area contributed by atoms with Crippen LogP contribution in [0.25, 0.3) is 4.96 Å². The van der Waals surface area contributed by atoms with Gasteiger partial charge in [-0.2, -0.15) is 5.10 Å². The van der Waals surface area contributed by atoms with Crippen molar-refractivity contribution in [2.45, 2.75) is 12.5 Å². The largest absolute Gasteiger partial charge is 0.305 e. The molecule has 0 fully saturated rings. The van der Waals surface area contributed by atoms with E-state index in [2.05, 4.69) is 26.4 Å². The summed E-state index contributed by atoms with van der Waals surface area (Å²) < 4.78 is 1.96. The van der Waals surface area contributed by atoms with E-state index in [-0.39, 0.29) is 6.04 Å². The Morgan fingerprint density at radius 3 is 3.33 bits per heavy atom. The standard InChI is InChI=1S/C12H11N5S/c1-2-8(6-13-4-1)10-11-9(3-5-14-10)17-12(18-11)15-7-16-17/h1-2,4,6-7,10,14H,3,5H2. The summed E-state index contributed by atoms with van der Waals surface area (Å²) in [6.45, 7) is 0.957. The molecule has 18 heavy (non-hydrogen) atoms. The fourth-order valence-corrected chi connectivity index (χ4v) is 3.63. The second kappa shape index (κ2) is 3.86. The number of hydrogen-bond donors (Lipinski definition) is 1. The van der Waals surface area contributed by atoms with Gasteiger partial charge in [0.25, 0.3) is 0 Å². The maximum absolute atomic E-state index is 4.29. The first-order valence-corrected chi connectivity index (χ1v) is 6.70. The third kappa shape index (κ3) is 1.39. The van der Waals surface area contributed by atoms with E-state index in [1.165, 1.54) is 16.1 Å². The number of rotatable bonds is 1. The van der Waals surface area contributed by atoms with Crippen molar-refractivity contribution < 1.29 is 0 Å². The molecule has 0 saturated heterocycles. The lowest BCUT2D eigenvalue weighted by atomic mass is 10.0. The molecule has 1 N–H and O–H groups in total. The summed E-state index contributed by atoms with van der Waals surface area (Å²) in [6.07, 6.45) is 6.33. The van der Waals surface area contributed by atoms with Crippen LogP contribution < -0.4 is 5.32 Å². The van der Waals surface area contributed by atoms with Gasteiger partial charge in [0.1, 0.15) is 6.33 Å². The Bertz CT molecular complexity index is 687. The molecule has 1 unspecified atom stereocenters. The Balaban J connectivity index is 1.89. The Kier molecular flexibility index (Phi) is 2.18. The van der Waals surface area contributed by atoms with Gasteiger partial charge in [0.15, 0.2) is 0 Å². The lowest BCUT2D eigenvalue weighted by Gasteiger charge is -2.23. The lowest BCUT2D eigenvalue weighted by Crippen LogP contribution is -2.30. The van der Waals surface area contributed by atoms with Gasteiger partial charge in [-0.05, 0) is 11.6 Å². The van der Waals surface area contributed by atoms with Gasteiger partial charge < -0.3 is 5.32 Å². The van der Waals surface area contributed by atoms with E-state index in [9.17, 15) is 0 Å². The van der Waals surface area contributed by atoms with Crippen LogP contribution in [0.15, 0.2) is 30.9 Å². The number of fused-ring (bicyclic) bond motifs is 3. The highest BCUT2D eigenvalue weighted by atomic mass is 32.1. The van der Waals surface area contributed by atoms with Gasteiger partial charge in [-0.1, -0.05) is 17.4 Å². The zero-order valence-electron chi connectivity index (χ0n) is 9.58. The number of nitrogens with zero attached hydrogens (tertiary/aromatic N) is 4. The Hall–Kier alpha value is -1.79. The van der Waals surface area contributed by atoms with Gasteiger partial charge >= 0.3 is 0 Å². The van der Waals surface area contributed by atoms with Crippen LogP contribution in [0.2, 0.25) is 0 Å². The summed E-state index contributed by atoms with van der Waals surface area (Å²) in [5.74, 6) is 0. The Morgan fingerprint density at radius 1 is 1.44 bits per heavy atom. The van der Waals surface area contributed by atoms with Crippen molar-refractivity contribution in [3.05, 3.63) is 47.0 Å². The predicted octanol–water partition coefficient (Wildman–Crippen LogP) is 1.42. The highest BCUT2D eigenvalue weighted by molar-refractivity contribution is 7.17. The third-order valence-electron chi connectivity index (χ3n) is 3.25. The molecular weight excluding hydrogens is 246 g/mol. The molecule has 90 valence electrons. The van der Waals surface area contributed by atoms with Crippen LogP contribution in [-0.2, 0) is 6.42 Å². The fraction of sp³-hybridized carbons (Fsp3) is 0.250. The van der Waals surface area contributed by atoms with E-state index in [1.807, 2.05) is 16.8 Å². The van der Waals surface area contributed by atoms with E-state index < -0.39 is 0 Å². The van der Waals surface area contributed by atoms with Gasteiger partial charge in [0.2, 0.25) is 4.96 Å². The molecule has 1 atom stereocenters. The van der Waals surface area contributed by atoms with E-state index in [0.29, 0.717) is 0 Å². The number of hydrogen-bond acceptors (Lipinski definition) is 5.